The number of amides is 1. The van der Waals surface area contributed by atoms with Crippen LogP contribution in [0.4, 0.5) is 0 Å². The molecule has 3 aromatic rings. The largest absolute Gasteiger partial charge is 0.497 e. The quantitative estimate of drug-likeness (QED) is 0.683. The molecule has 6 heteroatoms. The second kappa shape index (κ2) is 8.07. The van der Waals surface area contributed by atoms with E-state index in [9.17, 15) is 9.59 Å². The number of hydrogen-bond donors (Lipinski definition) is 0. The molecule has 1 fully saturated rings. The standard InChI is InChI=1S/C23H25N3O3/c1-25-22(27)19-9-6-5-8-18(19)21(24-25)23(28)26-15-7-3-4-10-20(26)16-11-13-17(29-2)14-12-16/h5-6,8-9,11-14,20H,3-4,7,10,15H2,1-2H3/t20-/m1/s1. The van der Waals surface area contributed by atoms with E-state index in [0.717, 1.165) is 37.0 Å². The maximum Gasteiger partial charge on any atom is 0.275 e. The molecule has 1 atom stereocenters. The van der Waals surface area contributed by atoms with Gasteiger partial charge < -0.3 is 9.64 Å². The first-order valence-electron chi connectivity index (χ1n) is 10.0. The molecule has 0 bridgehead atoms. The van der Waals surface area contributed by atoms with Crippen LogP contribution in [0.25, 0.3) is 10.8 Å². The van der Waals surface area contributed by atoms with Crippen LogP contribution in [0.1, 0.15) is 47.8 Å². The lowest BCUT2D eigenvalue weighted by molar-refractivity contribution is 0.0674. The number of carbonyl (C=O) groups is 1. The van der Waals surface area contributed by atoms with Crippen molar-refractivity contribution in [1.82, 2.24) is 14.7 Å². The van der Waals surface area contributed by atoms with E-state index in [1.54, 1.807) is 26.3 Å². The number of likely N-dealkylation sites (tertiary alicyclic amines) is 1. The van der Waals surface area contributed by atoms with Crippen molar-refractivity contribution in [2.75, 3.05) is 13.7 Å². The van der Waals surface area contributed by atoms with Crippen LogP contribution < -0.4 is 10.3 Å². The summed E-state index contributed by atoms with van der Waals surface area (Å²) in [6.07, 6.45) is 4.03. The zero-order valence-electron chi connectivity index (χ0n) is 16.8. The van der Waals surface area contributed by atoms with Gasteiger partial charge in [0, 0.05) is 19.0 Å². The van der Waals surface area contributed by atoms with E-state index in [4.69, 9.17) is 4.74 Å². The van der Waals surface area contributed by atoms with Crippen LogP contribution in [0.15, 0.2) is 53.3 Å². The highest BCUT2D eigenvalue weighted by atomic mass is 16.5. The molecular formula is C23H25N3O3. The summed E-state index contributed by atoms with van der Waals surface area (Å²) in [5.41, 5.74) is 1.23. The molecule has 2 heterocycles. The van der Waals surface area contributed by atoms with Crippen molar-refractivity contribution in [3.8, 4) is 5.75 Å². The topological polar surface area (TPSA) is 64.4 Å². The summed E-state index contributed by atoms with van der Waals surface area (Å²) in [6.45, 7) is 0.675. The fraction of sp³-hybridized carbons (Fsp3) is 0.348. The van der Waals surface area contributed by atoms with Gasteiger partial charge in [0.15, 0.2) is 5.69 Å². The second-order valence-electron chi connectivity index (χ2n) is 7.46. The van der Waals surface area contributed by atoms with Gasteiger partial charge in [0.1, 0.15) is 5.75 Å². The first-order valence-corrected chi connectivity index (χ1v) is 10.0. The molecule has 0 N–H and O–H groups in total. The second-order valence-corrected chi connectivity index (χ2v) is 7.46. The van der Waals surface area contributed by atoms with Crippen molar-refractivity contribution in [2.24, 2.45) is 7.05 Å². The molecule has 1 aliphatic heterocycles. The van der Waals surface area contributed by atoms with Gasteiger partial charge in [-0.05, 0) is 36.6 Å². The Hall–Kier alpha value is -3.15. The third kappa shape index (κ3) is 3.62. The Morgan fingerprint density at radius 1 is 1.03 bits per heavy atom. The van der Waals surface area contributed by atoms with Crippen LogP contribution in [-0.4, -0.2) is 34.2 Å². The number of carbonyl (C=O) groups excluding carboxylic acids is 1. The average Bonchev–Trinajstić information content (AvgIpc) is 3.02. The molecule has 0 spiro atoms. The monoisotopic (exact) mass is 391 g/mol. The Balaban J connectivity index is 1.78. The molecule has 1 saturated heterocycles. The number of ether oxygens (including phenoxy) is 1. The molecule has 0 radical (unpaired) electrons. The lowest BCUT2D eigenvalue weighted by Gasteiger charge is -2.30. The smallest absolute Gasteiger partial charge is 0.275 e. The Morgan fingerprint density at radius 2 is 1.76 bits per heavy atom. The normalized spacial score (nSPS) is 17.2. The Bertz CT molecular complexity index is 1090. The van der Waals surface area contributed by atoms with Gasteiger partial charge in [-0.25, -0.2) is 4.68 Å². The molecular weight excluding hydrogens is 366 g/mol. The summed E-state index contributed by atoms with van der Waals surface area (Å²) in [6, 6.07) is 15.1. The minimum absolute atomic E-state index is 0.0197. The van der Waals surface area contributed by atoms with Crippen molar-refractivity contribution in [1.29, 1.82) is 0 Å². The SMILES string of the molecule is COc1ccc([C@H]2CCCCCN2C(=O)c2nn(C)c(=O)c3ccccc23)cc1. The zero-order chi connectivity index (χ0) is 20.4. The predicted octanol–water partition coefficient (Wildman–Crippen LogP) is 3.70. The minimum Gasteiger partial charge on any atom is -0.497 e. The van der Waals surface area contributed by atoms with Gasteiger partial charge in [-0.3, -0.25) is 9.59 Å². The van der Waals surface area contributed by atoms with E-state index >= 15 is 0 Å². The van der Waals surface area contributed by atoms with Crippen LogP contribution in [0, 0.1) is 0 Å². The molecule has 29 heavy (non-hydrogen) atoms. The van der Waals surface area contributed by atoms with Crippen LogP contribution in [0.3, 0.4) is 0 Å². The first-order chi connectivity index (χ1) is 14.1. The number of aromatic nitrogens is 2. The van der Waals surface area contributed by atoms with Crippen molar-refractivity contribution >= 4 is 16.7 Å². The van der Waals surface area contributed by atoms with E-state index in [-0.39, 0.29) is 17.5 Å². The summed E-state index contributed by atoms with van der Waals surface area (Å²) >= 11 is 0. The van der Waals surface area contributed by atoms with Gasteiger partial charge >= 0.3 is 0 Å². The molecule has 2 aromatic carbocycles. The summed E-state index contributed by atoms with van der Waals surface area (Å²) in [4.78, 5) is 28.0. The van der Waals surface area contributed by atoms with E-state index in [0.29, 0.717) is 23.0 Å². The highest BCUT2D eigenvalue weighted by Gasteiger charge is 2.30. The van der Waals surface area contributed by atoms with Gasteiger partial charge in [0.2, 0.25) is 0 Å². The van der Waals surface area contributed by atoms with Crippen LogP contribution >= 0.6 is 0 Å². The molecule has 1 aromatic heterocycles. The minimum atomic E-state index is -0.195. The summed E-state index contributed by atoms with van der Waals surface area (Å²) in [5, 5.41) is 5.48. The first kappa shape index (κ1) is 19.2. The van der Waals surface area contributed by atoms with Gasteiger partial charge in [0.05, 0.1) is 18.5 Å². The summed E-state index contributed by atoms with van der Waals surface area (Å²) < 4.78 is 6.53. The lowest BCUT2D eigenvalue weighted by atomic mass is 10.00. The van der Waals surface area contributed by atoms with E-state index in [1.807, 2.05) is 41.3 Å². The Kier molecular flexibility index (Phi) is 5.34. The van der Waals surface area contributed by atoms with Gasteiger partial charge in [-0.15, -0.1) is 0 Å². The third-order valence-corrected chi connectivity index (χ3v) is 5.67. The number of rotatable bonds is 3. The number of methoxy groups -OCH3 is 1. The highest BCUT2D eigenvalue weighted by molar-refractivity contribution is 6.04. The molecule has 150 valence electrons. The van der Waals surface area contributed by atoms with E-state index in [1.165, 1.54) is 4.68 Å². The van der Waals surface area contributed by atoms with Crippen molar-refractivity contribution in [3.63, 3.8) is 0 Å². The molecule has 1 amide bonds. The Labute approximate surface area is 169 Å². The van der Waals surface area contributed by atoms with Crippen LogP contribution in [0.5, 0.6) is 5.75 Å². The molecule has 0 saturated carbocycles. The fourth-order valence-corrected chi connectivity index (χ4v) is 4.12. The van der Waals surface area contributed by atoms with Crippen LogP contribution in [-0.2, 0) is 7.05 Å². The number of benzene rings is 2. The Morgan fingerprint density at radius 3 is 2.48 bits per heavy atom. The lowest BCUT2D eigenvalue weighted by Crippen LogP contribution is -2.37. The zero-order valence-corrected chi connectivity index (χ0v) is 16.8. The average molecular weight is 391 g/mol. The van der Waals surface area contributed by atoms with Crippen molar-refractivity contribution < 1.29 is 9.53 Å². The molecule has 0 unspecified atom stereocenters. The maximum atomic E-state index is 13.7. The summed E-state index contributed by atoms with van der Waals surface area (Å²) in [7, 11) is 3.24. The molecule has 1 aliphatic rings. The number of nitrogens with zero attached hydrogens (tertiary/aromatic N) is 3. The van der Waals surface area contributed by atoms with E-state index in [2.05, 4.69) is 5.10 Å². The van der Waals surface area contributed by atoms with Gasteiger partial charge in [0.25, 0.3) is 11.5 Å². The van der Waals surface area contributed by atoms with Gasteiger partial charge in [-0.1, -0.05) is 43.2 Å². The number of fused-ring (bicyclic) bond motifs is 1. The van der Waals surface area contributed by atoms with Gasteiger partial charge in [-0.2, -0.15) is 5.10 Å². The van der Waals surface area contributed by atoms with E-state index < -0.39 is 0 Å². The highest BCUT2D eigenvalue weighted by Crippen LogP contribution is 2.32. The maximum absolute atomic E-state index is 13.7. The molecule has 0 aliphatic carbocycles. The third-order valence-electron chi connectivity index (χ3n) is 5.67. The predicted molar refractivity (Wildman–Crippen MR) is 112 cm³/mol. The van der Waals surface area contributed by atoms with Crippen molar-refractivity contribution in [2.45, 2.75) is 31.7 Å². The summed E-state index contributed by atoms with van der Waals surface area (Å²) in [5.74, 6) is 0.672. The number of hydrogen-bond acceptors (Lipinski definition) is 4. The fourth-order valence-electron chi connectivity index (χ4n) is 4.12. The number of aryl methyl sites for hydroxylation is 1. The molecule has 6 nitrogen and oxygen atoms in total. The van der Waals surface area contributed by atoms with Crippen LogP contribution in [0.2, 0.25) is 0 Å². The molecule has 4 rings (SSSR count). The van der Waals surface area contributed by atoms with Crippen molar-refractivity contribution in [3.05, 3.63) is 70.1 Å².